The number of carbonyl (C=O) groups excluding carboxylic acids is 3. The zero-order valence-electron chi connectivity index (χ0n) is 15.3. The second kappa shape index (κ2) is 8.14. The van der Waals surface area contributed by atoms with Gasteiger partial charge in [-0.05, 0) is 44.0 Å². The molecule has 3 rings (SSSR count). The van der Waals surface area contributed by atoms with Crippen LogP contribution in [0.2, 0.25) is 0 Å². The molecule has 142 valence electrons. The van der Waals surface area contributed by atoms with Crippen molar-refractivity contribution in [3.63, 3.8) is 0 Å². The van der Waals surface area contributed by atoms with E-state index in [1.54, 1.807) is 19.1 Å². The predicted molar refractivity (Wildman–Crippen MR) is 108 cm³/mol. The molecule has 8 heteroatoms. The van der Waals surface area contributed by atoms with E-state index in [4.69, 9.17) is 4.74 Å². The molecule has 1 aliphatic heterocycles. The minimum absolute atomic E-state index is 0.0869. The fourth-order valence-electron chi connectivity index (χ4n) is 2.91. The molecule has 2 aromatic rings. The minimum Gasteiger partial charge on any atom is -0.462 e. The second-order valence-electron chi connectivity index (χ2n) is 5.92. The van der Waals surface area contributed by atoms with Crippen molar-refractivity contribution < 1.29 is 19.1 Å². The smallest absolute Gasteiger partial charge is 0.341 e. The first-order valence-electron chi connectivity index (χ1n) is 8.62. The lowest BCUT2D eigenvalue weighted by Gasteiger charge is -2.17. The number of hydrogen-bond donors (Lipinski definition) is 2. The van der Waals surface area contributed by atoms with Crippen LogP contribution in [0.4, 0.5) is 10.7 Å². The van der Waals surface area contributed by atoms with Gasteiger partial charge in [0.1, 0.15) is 5.00 Å². The first-order valence-corrected chi connectivity index (χ1v) is 10.4. The van der Waals surface area contributed by atoms with Crippen molar-refractivity contribution in [1.29, 1.82) is 0 Å². The van der Waals surface area contributed by atoms with Gasteiger partial charge in [-0.15, -0.1) is 23.1 Å². The van der Waals surface area contributed by atoms with Crippen LogP contribution in [0.15, 0.2) is 23.1 Å². The number of hydrogen-bond acceptors (Lipinski definition) is 6. The largest absolute Gasteiger partial charge is 0.462 e. The third kappa shape index (κ3) is 4.01. The van der Waals surface area contributed by atoms with E-state index in [2.05, 4.69) is 10.6 Å². The number of fused-ring (bicyclic) bond motifs is 1. The molecule has 0 unspecified atom stereocenters. The Bertz CT molecular complexity index is 921. The van der Waals surface area contributed by atoms with Crippen LogP contribution >= 0.6 is 23.1 Å². The topological polar surface area (TPSA) is 84.5 Å². The molecule has 2 heterocycles. The van der Waals surface area contributed by atoms with Crippen molar-refractivity contribution in [1.82, 2.24) is 0 Å². The average Bonchev–Trinajstić information content (AvgIpc) is 2.96. The summed E-state index contributed by atoms with van der Waals surface area (Å²) in [6.07, 6.45) is 0.675. The Morgan fingerprint density at radius 2 is 2.07 bits per heavy atom. The molecule has 0 bridgehead atoms. The summed E-state index contributed by atoms with van der Waals surface area (Å²) in [5.74, 6) is -0.480. The van der Waals surface area contributed by atoms with E-state index >= 15 is 0 Å². The van der Waals surface area contributed by atoms with Gasteiger partial charge < -0.3 is 15.4 Å². The Morgan fingerprint density at radius 3 is 2.78 bits per heavy atom. The number of anilines is 2. The van der Waals surface area contributed by atoms with Crippen LogP contribution < -0.4 is 10.6 Å². The standard InChI is InChI=1S/C19H20N2O4S2/c1-4-12-10(3)27-18(16(12)19(24)25-5-2)21-17(23)11-6-7-14-13(8-11)20-15(22)9-26-14/h6-8H,4-5,9H2,1-3H3,(H,20,22)(H,21,23). The van der Waals surface area contributed by atoms with Gasteiger partial charge in [0.2, 0.25) is 5.91 Å². The molecule has 0 saturated heterocycles. The van der Waals surface area contributed by atoms with E-state index in [1.807, 2.05) is 19.9 Å². The molecule has 0 aliphatic carbocycles. The monoisotopic (exact) mass is 404 g/mol. The predicted octanol–water partition coefficient (Wildman–Crippen LogP) is 4.09. The van der Waals surface area contributed by atoms with Gasteiger partial charge in [0.25, 0.3) is 5.91 Å². The number of aryl methyl sites for hydroxylation is 1. The van der Waals surface area contributed by atoms with Crippen LogP contribution in [-0.2, 0) is 16.0 Å². The van der Waals surface area contributed by atoms with Gasteiger partial charge in [0, 0.05) is 15.3 Å². The van der Waals surface area contributed by atoms with Crippen LogP contribution in [-0.4, -0.2) is 30.1 Å². The first kappa shape index (κ1) is 19.4. The number of thioether (sulfide) groups is 1. The number of thiophene rings is 1. The van der Waals surface area contributed by atoms with Crippen molar-refractivity contribution >= 4 is 51.6 Å². The Kier molecular flexibility index (Phi) is 5.86. The first-order chi connectivity index (χ1) is 12.9. The maximum atomic E-state index is 12.7. The normalized spacial score (nSPS) is 12.9. The number of carbonyl (C=O) groups is 3. The summed E-state index contributed by atoms with van der Waals surface area (Å²) in [5, 5.41) is 6.11. The highest BCUT2D eigenvalue weighted by atomic mass is 32.2. The lowest BCUT2D eigenvalue weighted by molar-refractivity contribution is -0.113. The van der Waals surface area contributed by atoms with Crippen molar-refractivity contribution in [2.45, 2.75) is 32.1 Å². The van der Waals surface area contributed by atoms with Gasteiger partial charge in [-0.2, -0.15) is 0 Å². The van der Waals surface area contributed by atoms with Crippen LogP contribution in [0.25, 0.3) is 0 Å². The van der Waals surface area contributed by atoms with E-state index in [1.165, 1.54) is 23.1 Å². The fourth-order valence-corrected chi connectivity index (χ4v) is 4.83. The third-order valence-corrected chi connectivity index (χ3v) is 6.28. The zero-order chi connectivity index (χ0) is 19.6. The van der Waals surface area contributed by atoms with Crippen molar-refractivity contribution in [3.05, 3.63) is 39.8 Å². The van der Waals surface area contributed by atoms with Crippen LogP contribution in [0.1, 0.15) is 45.0 Å². The average molecular weight is 405 g/mol. The highest BCUT2D eigenvalue weighted by Crippen LogP contribution is 2.35. The zero-order valence-corrected chi connectivity index (χ0v) is 16.9. The van der Waals surface area contributed by atoms with E-state index in [0.717, 1.165) is 15.3 Å². The molecule has 1 aromatic carbocycles. The van der Waals surface area contributed by atoms with E-state index in [9.17, 15) is 14.4 Å². The fraction of sp³-hybridized carbons (Fsp3) is 0.316. The van der Waals surface area contributed by atoms with Crippen LogP contribution in [0, 0.1) is 6.92 Å². The highest BCUT2D eigenvalue weighted by molar-refractivity contribution is 8.00. The molecular weight excluding hydrogens is 384 g/mol. The van der Waals surface area contributed by atoms with Gasteiger partial charge in [-0.1, -0.05) is 6.92 Å². The molecule has 1 aromatic heterocycles. The lowest BCUT2D eigenvalue weighted by Crippen LogP contribution is -2.20. The molecule has 0 radical (unpaired) electrons. The molecule has 0 saturated carbocycles. The van der Waals surface area contributed by atoms with Gasteiger partial charge >= 0.3 is 5.97 Å². The summed E-state index contributed by atoms with van der Waals surface area (Å²) in [7, 11) is 0. The molecule has 0 fully saturated rings. The summed E-state index contributed by atoms with van der Waals surface area (Å²) in [5.41, 5.74) is 2.36. The van der Waals surface area contributed by atoms with E-state index in [0.29, 0.717) is 34.0 Å². The van der Waals surface area contributed by atoms with Crippen molar-refractivity contribution in [3.8, 4) is 0 Å². The summed E-state index contributed by atoms with van der Waals surface area (Å²) in [6, 6.07) is 5.18. The lowest BCUT2D eigenvalue weighted by atomic mass is 10.1. The Balaban J connectivity index is 1.89. The number of ether oxygens (including phenoxy) is 1. The van der Waals surface area contributed by atoms with Crippen LogP contribution in [0.3, 0.4) is 0 Å². The Hall–Kier alpha value is -2.32. The van der Waals surface area contributed by atoms with Crippen LogP contribution in [0.5, 0.6) is 0 Å². The van der Waals surface area contributed by atoms with E-state index < -0.39 is 5.97 Å². The second-order valence-corrected chi connectivity index (χ2v) is 8.16. The summed E-state index contributed by atoms with van der Waals surface area (Å²) in [6.45, 7) is 5.91. The van der Waals surface area contributed by atoms with Crippen molar-refractivity contribution in [2.75, 3.05) is 23.0 Å². The van der Waals surface area contributed by atoms with Gasteiger partial charge in [-0.25, -0.2) is 4.79 Å². The van der Waals surface area contributed by atoms with E-state index in [-0.39, 0.29) is 18.4 Å². The molecule has 27 heavy (non-hydrogen) atoms. The van der Waals surface area contributed by atoms with Gasteiger partial charge in [0.15, 0.2) is 0 Å². The SMILES string of the molecule is CCOC(=O)c1c(NC(=O)c2ccc3c(c2)NC(=O)CS3)sc(C)c1CC. The summed E-state index contributed by atoms with van der Waals surface area (Å²) >= 11 is 2.80. The molecule has 2 N–H and O–H groups in total. The van der Waals surface area contributed by atoms with Crippen molar-refractivity contribution in [2.24, 2.45) is 0 Å². The number of esters is 1. The molecular formula is C19H20N2O4S2. The van der Waals surface area contributed by atoms with Gasteiger partial charge in [-0.3, -0.25) is 9.59 Å². The quantitative estimate of drug-likeness (QED) is 0.733. The van der Waals surface area contributed by atoms with Gasteiger partial charge in [0.05, 0.1) is 23.6 Å². The molecule has 1 aliphatic rings. The molecule has 6 nitrogen and oxygen atoms in total. The molecule has 0 atom stereocenters. The summed E-state index contributed by atoms with van der Waals surface area (Å²) in [4.78, 5) is 38.6. The minimum atomic E-state index is -0.428. The number of benzene rings is 1. The molecule has 0 spiro atoms. The number of amides is 2. The molecule has 2 amide bonds. The number of rotatable bonds is 5. The summed E-state index contributed by atoms with van der Waals surface area (Å²) < 4.78 is 5.16. The maximum absolute atomic E-state index is 12.7. The maximum Gasteiger partial charge on any atom is 0.341 e. The Labute approximate surface area is 165 Å². The highest BCUT2D eigenvalue weighted by Gasteiger charge is 2.24. The Morgan fingerprint density at radius 1 is 1.30 bits per heavy atom. The number of nitrogens with one attached hydrogen (secondary N) is 2. The third-order valence-electron chi connectivity index (χ3n) is 4.14.